The van der Waals surface area contributed by atoms with Gasteiger partial charge < -0.3 is 0 Å². The molecular formula is C21H25N. The Morgan fingerprint density at radius 1 is 1.23 bits per heavy atom. The largest absolute Gasteiger partial charge is 0.297 e. The van der Waals surface area contributed by atoms with E-state index in [9.17, 15) is 0 Å². The van der Waals surface area contributed by atoms with Gasteiger partial charge in [0.25, 0.3) is 0 Å². The third-order valence-corrected chi connectivity index (χ3v) is 4.14. The average Bonchev–Trinajstić information content (AvgIpc) is 2.56. The molecule has 0 spiro atoms. The molecule has 0 amide bonds. The van der Waals surface area contributed by atoms with E-state index in [0.717, 1.165) is 30.6 Å². The minimum atomic E-state index is 0.590. The summed E-state index contributed by atoms with van der Waals surface area (Å²) in [5, 5.41) is 0. The van der Waals surface area contributed by atoms with Crippen molar-refractivity contribution in [3.8, 4) is 11.8 Å². The van der Waals surface area contributed by atoms with E-state index in [1.165, 1.54) is 12.0 Å². The van der Waals surface area contributed by atoms with E-state index in [1.54, 1.807) is 0 Å². The molecule has 0 N–H and O–H groups in total. The van der Waals surface area contributed by atoms with E-state index in [4.69, 9.17) is 0 Å². The van der Waals surface area contributed by atoms with Crippen molar-refractivity contribution in [3.05, 3.63) is 71.8 Å². The zero-order valence-corrected chi connectivity index (χ0v) is 13.7. The van der Waals surface area contributed by atoms with Gasteiger partial charge in [0.2, 0.25) is 0 Å². The van der Waals surface area contributed by atoms with Crippen molar-refractivity contribution < 1.29 is 0 Å². The first-order valence-electron chi connectivity index (χ1n) is 8.06. The highest BCUT2D eigenvalue weighted by atomic mass is 15.1. The Balaban J connectivity index is 2.30. The van der Waals surface area contributed by atoms with Crippen molar-refractivity contribution in [1.29, 1.82) is 0 Å². The van der Waals surface area contributed by atoms with E-state index in [0.29, 0.717) is 6.04 Å². The van der Waals surface area contributed by atoms with Gasteiger partial charge in [-0.1, -0.05) is 61.8 Å². The van der Waals surface area contributed by atoms with Gasteiger partial charge in [0.15, 0.2) is 0 Å². The lowest BCUT2D eigenvalue weighted by molar-refractivity contribution is 0.229. The molecule has 1 atom stereocenters. The predicted octanol–water partition coefficient (Wildman–Crippen LogP) is 4.36. The summed E-state index contributed by atoms with van der Waals surface area (Å²) in [6.07, 6.45) is 10.5. The summed E-state index contributed by atoms with van der Waals surface area (Å²) in [7, 11) is 0. The Bertz CT molecular complexity index is 625. The van der Waals surface area contributed by atoms with E-state index in [2.05, 4.69) is 73.6 Å². The maximum atomic E-state index is 3.99. The van der Waals surface area contributed by atoms with Crippen LogP contribution >= 0.6 is 0 Å². The zero-order chi connectivity index (χ0) is 15.8. The van der Waals surface area contributed by atoms with Gasteiger partial charge in [0.1, 0.15) is 0 Å². The SMILES string of the molecule is C=C1C#Cc2ccccc2CCN(C(C)CC)C/C=C\C=C/1. The topological polar surface area (TPSA) is 3.24 Å². The lowest BCUT2D eigenvalue weighted by Crippen LogP contribution is -2.34. The van der Waals surface area contributed by atoms with Crippen LogP contribution in [0.1, 0.15) is 31.4 Å². The van der Waals surface area contributed by atoms with Crippen molar-refractivity contribution in [1.82, 2.24) is 4.90 Å². The Morgan fingerprint density at radius 2 is 2.05 bits per heavy atom. The van der Waals surface area contributed by atoms with Gasteiger partial charge in [-0.3, -0.25) is 4.90 Å². The fraction of sp³-hybridized carbons (Fsp3) is 0.333. The van der Waals surface area contributed by atoms with Gasteiger partial charge in [0, 0.05) is 30.3 Å². The molecule has 22 heavy (non-hydrogen) atoms. The summed E-state index contributed by atoms with van der Waals surface area (Å²) in [6.45, 7) is 10.6. The molecule has 1 aromatic carbocycles. The first-order chi connectivity index (χ1) is 10.7. The molecular weight excluding hydrogens is 266 g/mol. The maximum Gasteiger partial charge on any atom is 0.0281 e. The van der Waals surface area contributed by atoms with Gasteiger partial charge in [-0.2, -0.15) is 0 Å². The standard InChI is InChI=1S/C21H25N/c1-4-19(3)22-16-9-5-6-10-18(2)13-14-20-11-7-8-12-21(20)15-17-22/h5-12,19H,2,4,15-17H2,1,3H3/b9-5-,10-6-. The van der Waals surface area contributed by atoms with Crippen LogP contribution in [-0.4, -0.2) is 24.0 Å². The summed E-state index contributed by atoms with van der Waals surface area (Å²) in [5.41, 5.74) is 3.29. The molecule has 0 fully saturated rings. The first kappa shape index (κ1) is 16.3. The van der Waals surface area contributed by atoms with Crippen LogP contribution in [-0.2, 0) is 6.42 Å². The van der Waals surface area contributed by atoms with Crippen molar-refractivity contribution in [2.24, 2.45) is 0 Å². The predicted molar refractivity (Wildman–Crippen MR) is 95.8 cm³/mol. The summed E-state index contributed by atoms with van der Waals surface area (Å²) >= 11 is 0. The lowest BCUT2D eigenvalue weighted by Gasteiger charge is -2.27. The van der Waals surface area contributed by atoms with Gasteiger partial charge in [-0.25, -0.2) is 0 Å². The molecule has 0 saturated heterocycles. The second-order valence-corrected chi connectivity index (χ2v) is 5.72. The van der Waals surface area contributed by atoms with Crippen LogP contribution in [0.2, 0.25) is 0 Å². The summed E-state index contributed by atoms with van der Waals surface area (Å²) in [6, 6.07) is 9.03. The van der Waals surface area contributed by atoms with Gasteiger partial charge >= 0.3 is 0 Å². The van der Waals surface area contributed by atoms with Crippen LogP contribution in [0.5, 0.6) is 0 Å². The molecule has 114 valence electrons. The third kappa shape index (κ3) is 4.76. The Hall–Kier alpha value is -2.04. The van der Waals surface area contributed by atoms with Crippen molar-refractivity contribution >= 4 is 0 Å². The molecule has 1 aromatic rings. The van der Waals surface area contributed by atoms with E-state index >= 15 is 0 Å². The molecule has 1 nitrogen and oxygen atoms in total. The third-order valence-electron chi connectivity index (χ3n) is 4.14. The molecule has 0 aliphatic carbocycles. The second kappa shape index (κ2) is 8.41. The molecule has 0 aromatic heterocycles. The van der Waals surface area contributed by atoms with Crippen LogP contribution in [0.4, 0.5) is 0 Å². The molecule has 1 aliphatic heterocycles. The number of benzene rings is 1. The van der Waals surface area contributed by atoms with Crippen LogP contribution in [0.15, 0.2) is 60.7 Å². The number of fused-ring (bicyclic) bond motifs is 1. The molecule has 0 radical (unpaired) electrons. The minimum Gasteiger partial charge on any atom is -0.297 e. The quantitative estimate of drug-likeness (QED) is 0.732. The van der Waals surface area contributed by atoms with Crippen LogP contribution in [0.25, 0.3) is 0 Å². The number of hydrogen-bond acceptors (Lipinski definition) is 1. The highest BCUT2D eigenvalue weighted by molar-refractivity contribution is 5.47. The van der Waals surface area contributed by atoms with Crippen molar-refractivity contribution in [2.45, 2.75) is 32.7 Å². The number of allylic oxidation sites excluding steroid dienone is 4. The van der Waals surface area contributed by atoms with Crippen LogP contribution in [0.3, 0.4) is 0 Å². The summed E-state index contributed by atoms with van der Waals surface area (Å²) < 4.78 is 0. The first-order valence-corrected chi connectivity index (χ1v) is 8.06. The van der Waals surface area contributed by atoms with E-state index < -0.39 is 0 Å². The van der Waals surface area contributed by atoms with Crippen molar-refractivity contribution in [2.75, 3.05) is 13.1 Å². The number of hydrogen-bond donors (Lipinski definition) is 0. The minimum absolute atomic E-state index is 0.590. The fourth-order valence-electron chi connectivity index (χ4n) is 2.51. The van der Waals surface area contributed by atoms with Crippen LogP contribution < -0.4 is 0 Å². The highest BCUT2D eigenvalue weighted by Gasteiger charge is 2.11. The fourth-order valence-corrected chi connectivity index (χ4v) is 2.51. The Labute approximate surface area is 135 Å². The van der Waals surface area contributed by atoms with Gasteiger partial charge in [0.05, 0.1) is 0 Å². The zero-order valence-electron chi connectivity index (χ0n) is 13.7. The number of nitrogens with zero attached hydrogens (tertiary/aromatic N) is 1. The summed E-state index contributed by atoms with van der Waals surface area (Å²) in [4.78, 5) is 2.53. The lowest BCUT2D eigenvalue weighted by atomic mass is 10.0. The molecule has 1 heterocycles. The van der Waals surface area contributed by atoms with Crippen molar-refractivity contribution in [3.63, 3.8) is 0 Å². The summed E-state index contributed by atoms with van der Waals surface area (Å²) in [5.74, 6) is 6.41. The van der Waals surface area contributed by atoms with Gasteiger partial charge in [-0.15, -0.1) is 0 Å². The Morgan fingerprint density at radius 3 is 2.86 bits per heavy atom. The second-order valence-electron chi connectivity index (χ2n) is 5.72. The normalized spacial score (nSPS) is 20.4. The molecule has 0 saturated carbocycles. The van der Waals surface area contributed by atoms with E-state index in [1.807, 2.05) is 12.2 Å². The van der Waals surface area contributed by atoms with E-state index in [-0.39, 0.29) is 0 Å². The maximum absolute atomic E-state index is 3.99. The highest BCUT2D eigenvalue weighted by Crippen LogP contribution is 2.12. The smallest absolute Gasteiger partial charge is 0.0281 e. The molecule has 1 heteroatoms. The molecule has 1 aliphatic rings. The monoisotopic (exact) mass is 291 g/mol. The van der Waals surface area contributed by atoms with Gasteiger partial charge in [-0.05, 0) is 37.5 Å². The number of rotatable bonds is 2. The average molecular weight is 291 g/mol. The molecule has 0 bridgehead atoms. The molecule has 1 unspecified atom stereocenters. The van der Waals surface area contributed by atoms with Crippen LogP contribution in [0, 0.1) is 11.8 Å². The molecule has 2 rings (SSSR count). The Kier molecular flexibility index (Phi) is 6.25.